The fourth-order valence-corrected chi connectivity index (χ4v) is 0. The van der Waals surface area contributed by atoms with Crippen LogP contribution in [0.5, 0.6) is 0 Å². The van der Waals surface area contributed by atoms with Crippen molar-refractivity contribution in [2.24, 2.45) is 0 Å². The van der Waals surface area contributed by atoms with Gasteiger partial charge >= 0.3 is 37.1 Å². The third-order valence-corrected chi connectivity index (χ3v) is 0. The van der Waals surface area contributed by atoms with Crippen molar-refractivity contribution in [1.82, 2.24) is 0 Å². The van der Waals surface area contributed by atoms with E-state index < -0.39 is 32.2 Å². The van der Waals surface area contributed by atoms with Gasteiger partial charge in [0.2, 0.25) is 0 Å². The van der Waals surface area contributed by atoms with Gasteiger partial charge in [0.05, 0.1) is 0 Å². The molecule has 0 saturated heterocycles. The Labute approximate surface area is 84.0 Å². The van der Waals surface area contributed by atoms with Gasteiger partial charge in [0.25, 0.3) is 0 Å². The van der Waals surface area contributed by atoms with E-state index in [4.69, 9.17) is 0 Å². The molecule has 5 heteroatoms. The van der Waals surface area contributed by atoms with Gasteiger partial charge in [-0.3, -0.25) is 0 Å². The second-order valence-corrected chi connectivity index (χ2v) is 1.80. The summed E-state index contributed by atoms with van der Waals surface area (Å²) in [6.45, 7) is 0. The summed E-state index contributed by atoms with van der Waals surface area (Å²) < 4.78 is 29.7. The molecule has 0 spiro atoms. The number of hydrogen-bond acceptors (Lipinski definition) is 0. The first-order valence-electron chi connectivity index (χ1n) is 0.655. The quantitative estimate of drug-likeness (QED) is 0.619. The Morgan fingerprint density at radius 2 is 1.00 bits per heavy atom. The summed E-state index contributed by atoms with van der Waals surface area (Å²) in [5, 5.41) is 0. The molecule has 0 unspecified atom stereocenters. The van der Waals surface area contributed by atoms with Crippen molar-refractivity contribution in [1.29, 1.82) is 0 Å². The monoisotopic (exact) mass is 349 g/mol. The van der Waals surface area contributed by atoms with Gasteiger partial charge in [0.15, 0.2) is 0 Å². The number of hydrogen-bond donors (Lipinski definition) is 0. The van der Waals surface area contributed by atoms with Crippen LogP contribution in [0.25, 0.3) is 0 Å². The molecular formula is EuF3La. The fraction of sp³-hybridized carbons (Fsp3) is 0. The van der Waals surface area contributed by atoms with E-state index in [0.717, 1.165) is 0 Å². The third kappa shape index (κ3) is 20.8. The van der Waals surface area contributed by atoms with Gasteiger partial charge in [0.1, 0.15) is 0 Å². The average molecular weight is 348 g/mol. The zero-order valence-electron chi connectivity index (χ0n) is 2.09. The zero-order valence-corrected chi connectivity index (χ0v) is 8.14. The van der Waals surface area contributed by atoms with Gasteiger partial charge < -0.3 is 0 Å². The minimum absolute atomic E-state index is 0. The Kier molecular flexibility index (Phi) is 13.8. The standard InChI is InChI=1S/Eu.3FH.La/h;3*1H;/q;;;;+3/p-3. The van der Waals surface area contributed by atoms with Crippen LogP contribution in [0.15, 0.2) is 0 Å². The summed E-state index contributed by atoms with van der Waals surface area (Å²) in [7, 11) is 0. The van der Waals surface area contributed by atoms with Crippen LogP contribution in [0.3, 0.4) is 0 Å². The van der Waals surface area contributed by atoms with Crippen molar-refractivity contribution in [3.05, 3.63) is 0 Å². The molecule has 31 valence electrons. The van der Waals surface area contributed by atoms with Crippen LogP contribution >= 0.6 is 0 Å². The summed E-state index contributed by atoms with van der Waals surface area (Å²) in [6, 6.07) is 0. The number of rotatable bonds is 0. The third-order valence-electron chi connectivity index (χ3n) is 0. The van der Waals surface area contributed by atoms with E-state index in [1.807, 2.05) is 0 Å². The normalized spacial score (nSPS) is 5.40. The molecule has 0 saturated carbocycles. The minimum atomic E-state index is -5.22. The van der Waals surface area contributed by atoms with Crippen LogP contribution in [0.2, 0.25) is 0 Å². The van der Waals surface area contributed by atoms with Gasteiger partial charge in [-0.1, -0.05) is 0 Å². The van der Waals surface area contributed by atoms with Crippen LogP contribution in [-0.2, 0) is 0 Å². The van der Waals surface area contributed by atoms with Gasteiger partial charge in [-0.25, -0.2) is 0 Å². The molecule has 0 atom stereocenters. The zero-order chi connectivity index (χ0) is 3.58. The van der Waals surface area contributed by atoms with Gasteiger partial charge in [-0.05, 0) is 0 Å². The van der Waals surface area contributed by atoms with Crippen molar-refractivity contribution in [2.45, 2.75) is 0 Å². The molecular weight excluding hydrogens is 348 g/mol. The van der Waals surface area contributed by atoms with E-state index in [-0.39, 0.29) is 49.4 Å². The molecule has 0 aliphatic carbocycles. The molecule has 0 aliphatic heterocycles. The molecule has 0 N–H and O–H groups in total. The summed E-state index contributed by atoms with van der Waals surface area (Å²) in [5.41, 5.74) is 0. The first kappa shape index (κ1) is 10.5. The molecule has 0 amide bonds. The summed E-state index contributed by atoms with van der Waals surface area (Å²) in [4.78, 5) is 0. The SMILES string of the molecule is [Eu].[F][La]([F])[F]. The van der Waals surface area contributed by atoms with Gasteiger partial charge in [0, 0.05) is 49.4 Å². The second-order valence-electron chi connectivity index (χ2n) is 0.247. The molecule has 0 heterocycles. The molecule has 0 aromatic heterocycles. The van der Waals surface area contributed by atoms with Crippen molar-refractivity contribution in [3.8, 4) is 0 Å². The maximum atomic E-state index is 9.89. The molecule has 0 aromatic carbocycles. The van der Waals surface area contributed by atoms with E-state index in [2.05, 4.69) is 0 Å². The summed E-state index contributed by atoms with van der Waals surface area (Å²) in [5.74, 6) is 0. The molecule has 1 radical (unpaired) electrons. The molecule has 0 bridgehead atoms. The van der Waals surface area contributed by atoms with E-state index in [1.165, 1.54) is 0 Å². The average Bonchev–Trinajstić information content (AvgIpc) is 0.811. The van der Waals surface area contributed by atoms with Gasteiger partial charge in [-0.15, -0.1) is 0 Å². The van der Waals surface area contributed by atoms with Crippen LogP contribution in [0.4, 0.5) is 4.81 Å². The predicted octanol–water partition coefficient (Wildman–Crippen LogP) is 1.26. The molecule has 0 nitrogen and oxygen atoms in total. The van der Waals surface area contributed by atoms with E-state index in [0.29, 0.717) is 0 Å². The Bertz CT molecular complexity index is 11.6. The van der Waals surface area contributed by atoms with E-state index >= 15 is 0 Å². The predicted molar refractivity (Wildman–Crippen MR) is 3.32 cm³/mol. The van der Waals surface area contributed by atoms with E-state index in [9.17, 15) is 4.81 Å². The molecule has 0 aromatic rings. The first-order valence-corrected chi connectivity index (χ1v) is 4.77. The Morgan fingerprint density at radius 1 is 1.00 bits per heavy atom. The Morgan fingerprint density at radius 3 is 1.00 bits per heavy atom. The van der Waals surface area contributed by atoms with Crippen molar-refractivity contribution >= 4 is 0 Å². The second kappa shape index (κ2) is 6.57. The number of halogens is 3. The summed E-state index contributed by atoms with van der Waals surface area (Å²) >= 11 is -5.22. The topological polar surface area (TPSA) is 0 Å². The molecule has 0 aliphatic rings. The van der Waals surface area contributed by atoms with Crippen molar-refractivity contribution in [3.63, 3.8) is 0 Å². The van der Waals surface area contributed by atoms with Crippen LogP contribution in [0, 0.1) is 81.6 Å². The molecule has 0 fully saturated rings. The Balaban J connectivity index is 0. The van der Waals surface area contributed by atoms with Crippen molar-refractivity contribution in [2.75, 3.05) is 0 Å². The Hall–Kier alpha value is 2.57. The van der Waals surface area contributed by atoms with Crippen molar-refractivity contribution < 1.29 is 86.4 Å². The fourth-order valence-electron chi connectivity index (χ4n) is 0. The van der Waals surface area contributed by atoms with E-state index in [1.54, 1.807) is 0 Å². The van der Waals surface area contributed by atoms with Crippen LogP contribution in [-0.4, -0.2) is 0 Å². The maximum absolute atomic E-state index is 9.89. The van der Waals surface area contributed by atoms with Gasteiger partial charge in [-0.2, -0.15) is 0 Å². The molecule has 5 heavy (non-hydrogen) atoms. The van der Waals surface area contributed by atoms with Crippen LogP contribution in [0.1, 0.15) is 0 Å². The van der Waals surface area contributed by atoms with Crippen LogP contribution < -0.4 is 0 Å². The summed E-state index contributed by atoms with van der Waals surface area (Å²) in [6.07, 6.45) is 0. The first-order chi connectivity index (χ1) is 1.73. The molecule has 0 rings (SSSR count).